The number of aromatic nitrogens is 1. The zero-order chi connectivity index (χ0) is 21.3. The molecule has 0 saturated carbocycles. The van der Waals surface area contributed by atoms with Crippen LogP contribution in [0.15, 0.2) is 42.6 Å². The predicted octanol–water partition coefficient (Wildman–Crippen LogP) is 3.54. The second-order valence-electron chi connectivity index (χ2n) is 8.33. The molecule has 162 valence electrons. The summed E-state index contributed by atoms with van der Waals surface area (Å²) < 4.78 is 0. The Morgan fingerprint density at radius 1 is 1.10 bits per heavy atom. The number of aryl methyl sites for hydroxylation is 1. The Morgan fingerprint density at radius 3 is 2.63 bits per heavy atom. The van der Waals surface area contributed by atoms with Crippen LogP contribution in [0, 0.1) is 6.92 Å². The number of hydrogen-bond acceptors (Lipinski definition) is 5. The number of nitrogens with zero attached hydrogens (tertiary/aromatic N) is 3. The third kappa shape index (κ3) is 6.46. The molecule has 1 fully saturated rings. The molecule has 0 spiro atoms. The highest BCUT2D eigenvalue weighted by atomic mass is 16.1. The summed E-state index contributed by atoms with van der Waals surface area (Å²) in [6.07, 6.45) is 3.78. The number of benzene rings is 1. The van der Waals surface area contributed by atoms with Crippen molar-refractivity contribution in [2.45, 2.75) is 39.7 Å². The SMILES string of the molecule is Cc1cccc(N2CCN(CCCCNC(=O)c3cccnc3NC(C)C)CC2)c1. The van der Waals surface area contributed by atoms with Crippen molar-refractivity contribution in [1.29, 1.82) is 0 Å². The minimum absolute atomic E-state index is 0.0574. The van der Waals surface area contributed by atoms with Crippen molar-refractivity contribution in [3.05, 3.63) is 53.7 Å². The van der Waals surface area contributed by atoms with Crippen LogP contribution in [0.25, 0.3) is 0 Å². The molecule has 2 heterocycles. The van der Waals surface area contributed by atoms with Gasteiger partial charge in [-0.1, -0.05) is 12.1 Å². The van der Waals surface area contributed by atoms with E-state index in [0.717, 1.165) is 45.6 Å². The van der Waals surface area contributed by atoms with Gasteiger partial charge in [0.05, 0.1) is 5.56 Å². The first kappa shape index (κ1) is 22.1. The van der Waals surface area contributed by atoms with E-state index in [1.54, 1.807) is 12.3 Å². The van der Waals surface area contributed by atoms with Crippen LogP contribution in [0.2, 0.25) is 0 Å². The standard InChI is InChI=1S/C24H35N5O/c1-19(2)27-23-22(10-7-12-25-23)24(30)26-11-4-5-13-28-14-16-29(17-15-28)21-9-6-8-20(3)18-21/h6-10,12,18-19H,4-5,11,13-17H2,1-3H3,(H,25,27)(H,26,30). The number of amides is 1. The van der Waals surface area contributed by atoms with E-state index in [0.29, 0.717) is 17.9 Å². The van der Waals surface area contributed by atoms with Gasteiger partial charge in [0.1, 0.15) is 5.82 Å². The second kappa shape index (κ2) is 11.0. The van der Waals surface area contributed by atoms with Crippen molar-refractivity contribution in [1.82, 2.24) is 15.2 Å². The van der Waals surface area contributed by atoms with Crippen molar-refractivity contribution in [3.8, 4) is 0 Å². The summed E-state index contributed by atoms with van der Waals surface area (Å²) in [5.74, 6) is 0.592. The van der Waals surface area contributed by atoms with Crippen LogP contribution in [0.4, 0.5) is 11.5 Å². The third-order valence-corrected chi connectivity index (χ3v) is 5.40. The van der Waals surface area contributed by atoms with Gasteiger partial charge in [0.2, 0.25) is 0 Å². The fourth-order valence-electron chi connectivity index (χ4n) is 3.79. The number of nitrogens with one attached hydrogen (secondary N) is 2. The highest BCUT2D eigenvalue weighted by molar-refractivity contribution is 5.98. The van der Waals surface area contributed by atoms with Gasteiger partial charge in [-0.05, 0) is 70.0 Å². The third-order valence-electron chi connectivity index (χ3n) is 5.40. The minimum atomic E-state index is -0.0574. The molecule has 30 heavy (non-hydrogen) atoms. The minimum Gasteiger partial charge on any atom is -0.369 e. The molecule has 6 heteroatoms. The Hall–Kier alpha value is -2.60. The number of pyridine rings is 1. The largest absolute Gasteiger partial charge is 0.369 e. The highest BCUT2D eigenvalue weighted by Gasteiger charge is 2.17. The Labute approximate surface area is 180 Å². The van der Waals surface area contributed by atoms with Gasteiger partial charge >= 0.3 is 0 Å². The van der Waals surface area contributed by atoms with Crippen molar-refractivity contribution in [2.24, 2.45) is 0 Å². The van der Waals surface area contributed by atoms with Gasteiger partial charge in [-0.3, -0.25) is 9.69 Å². The molecule has 3 rings (SSSR count). The van der Waals surface area contributed by atoms with Crippen LogP contribution in [0.1, 0.15) is 42.6 Å². The van der Waals surface area contributed by atoms with E-state index in [1.165, 1.54) is 11.3 Å². The molecule has 1 aliphatic rings. The van der Waals surface area contributed by atoms with E-state index < -0.39 is 0 Å². The number of hydrogen-bond donors (Lipinski definition) is 2. The van der Waals surface area contributed by atoms with E-state index in [9.17, 15) is 4.79 Å². The Morgan fingerprint density at radius 2 is 1.90 bits per heavy atom. The molecule has 2 N–H and O–H groups in total. The summed E-state index contributed by atoms with van der Waals surface area (Å²) in [5, 5.41) is 6.27. The van der Waals surface area contributed by atoms with E-state index >= 15 is 0 Å². The lowest BCUT2D eigenvalue weighted by Gasteiger charge is -2.36. The van der Waals surface area contributed by atoms with Crippen molar-refractivity contribution >= 4 is 17.4 Å². The predicted molar refractivity (Wildman–Crippen MR) is 124 cm³/mol. The average Bonchev–Trinajstić information content (AvgIpc) is 2.74. The molecule has 0 unspecified atom stereocenters. The normalized spacial score (nSPS) is 14.7. The molecule has 1 aromatic heterocycles. The molecule has 1 amide bonds. The van der Waals surface area contributed by atoms with Gasteiger partial charge in [-0.25, -0.2) is 4.98 Å². The molecule has 0 aliphatic carbocycles. The summed E-state index contributed by atoms with van der Waals surface area (Å²) in [6, 6.07) is 12.6. The Kier molecular flexibility index (Phi) is 8.08. The lowest BCUT2D eigenvalue weighted by molar-refractivity contribution is 0.0953. The fourth-order valence-corrected chi connectivity index (χ4v) is 3.79. The van der Waals surface area contributed by atoms with Crippen LogP contribution in [0.3, 0.4) is 0 Å². The molecule has 2 aromatic rings. The second-order valence-corrected chi connectivity index (χ2v) is 8.33. The summed E-state index contributed by atoms with van der Waals surface area (Å²) in [7, 11) is 0. The molecule has 1 aromatic carbocycles. The molecule has 0 radical (unpaired) electrons. The lowest BCUT2D eigenvalue weighted by Crippen LogP contribution is -2.46. The molecule has 0 atom stereocenters. The number of piperazine rings is 1. The maximum absolute atomic E-state index is 12.5. The Bertz CT molecular complexity index is 815. The highest BCUT2D eigenvalue weighted by Crippen LogP contribution is 2.18. The molecular weight excluding hydrogens is 374 g/mol. The smallest absolute Gasteiger partial charge is 0.255 e. The first-order valence-electron chi connectivity index (χ1n) is 11.1. The summed E-state index contributed by atoms with van der Waals surface area (Å²) in [5.41, 5.74) is 3.26. The van der Waals surface area contributed by atoms with Crippen molar-refractivity contribution < 1.29 is 4.79 Å². The average molecular weight is 410 g/mol. The van der Waals surface area contributed by atoms with E-state index in [2.05, 4.69) is 56.6 Å². The van der Waals surface area contributed by atoms with E-state index in [1.807, 2.05) is 19.9 Å². The topological polar surface area (TPSA) is 60.5 Å². The van der Waals surface area contributed by atoms with Gasteiger partial charge < -0.3 is 15.5 Å². The zero-order valence-corrected chi connectivity index (χ0v) is 18.5. The quantitative estimate of drug-likeness (QED) is 0.621. The molecule has 0 bridgehead atoms. The Balaban J connectivity index is 1.34. The van der Waals surface area contributed by atoms with Crippen LogP contribution in [-0.4, -0.2) is 61.1 Å². The van der Waals surface area contributed by atoms with Gasteiger partial charge in [-0.2, -0.15) is 0 Å². The van der Waals surface area contributed by atoms with E-state index in [4.69, 9.17) is 0 Å². The molecule has 6 nitrogen and oxygen atoms in total. The number of unbranched alkanes of at least 4 members (excludes halogenated alkanes) is 1. The van der Waals surface area contributed by atoms with Gasteiger partial charge in [-0.15, -0.1) is 0 Å². The van der Waals surface area contributed by atoms with Crippen LogP contribution in [-0.2, 0) is 0 Å². The summed E-state index contributed by atoms with van der Waals surface area (Å²) in [6.45, 7) is 12.4. The monoisotopic (exact) mass is 409 g/mol. The van der Waals surface area contributed by atoms with Crippen molar-refractivity contribution in [2.75, 3.05) is 49.5 Å². The molecule has 1 aliphatic heterocycles. The first-order valence-corrected chi connectivity index (χ1v) is 11.1. The van der Waals surface area contributed by atoms with E-state index in [-0.39, 0.29) is 11.9 Å². The lowest BCUT2D eigenvalue weighted by atomic mass is 10.2. The van der Waals surface area contributed by atoms with Crippen LogP contribution >= 0.6 is 0 Å². The maximum atomic E-state index is 12.5. The van der Waals surface area contributed by atoms with Crippen LogP contribution < -0.4 is 15.5 Å². The van der Waals surface area contributed by atoms with Crippen LogP contribution in [0.5, 0.6) is 0 Å². The first-order chi connectivity index (χ1) is 14.5. The van der Waals surface area contributed by atoms with Crippen molar-refractivity contribution in [3.63, 3.8) is 0 Å². The number of anilines is 2. The molecule has 1 saturated heterocycles. The molecular formula is C24H35N5O. The fraction of sp³-hybridized carbons (Fsp3) is 0.500. The van der Waals surface area contributed by atoms with Gasteiger partial charge in [0.15, 0.2) is 0 Å². The zero-order valence-electron chi connectivity index (χ0n) is 18.5. The number of carbonyl (C=O) groups is 1. The number of rotatable bonds is 9. The summed E-state index contributed by atoms with van der Waals surface area (Å²) >= 11 is 0. The number of carbonyl (C=O) groups excluding carboxylic acids is 1. The van der Waals surface area contributed by atoms with Gasteiger partial charge in [0.25, 0.3) is 5.91 Å². The van der Waals surface area contributed by atoms with Gasteiger partial charge in [0, 0.05) is 50.6 Å². The maximum Gasteiger partial charge on any atom is 0.255 e. The summed E-state index contributed by atoms with van der Waals surface area (Å²) in [4.78, 5) is 21.8.